The van der Waals surface area contributed by atoms with Crippen molar-refractivity contribution < 1.29 is 22.7 Å². The lowest BCUT2D eigenvalue weighted by atomic mass is 10.3. The first-order chi connectivity index (χ1) is 14.9. The molecule has 9 heteroatoms. The molecule has 2 aromatic carbocycles. The van der Waals surface area contributed by atoms with Crippen LogP contribution in [0.4, 0.5) is 0 Å². The van der Waals surface area contributed by atoms with Gasteiger partial charge in [0.05, 0.1) is 34.6 Å². The fraction of sp³-hybridized carbons (Fsp3) is 0.364. The molecule has 0 aliphatic rings. The maximum absolute atomic E-state index is 12.5. The van der Waals surface area contributed by atoms with Gasteiger partial charge in [-0.05, 0) is 43.7 Å². The Labute approximate surface area is 185 Å². The highest BCUT2D eigenvalue weighted by atomic mass is 32.2. The Hall–Kier alpha value is -2.49. The standard InChI is InChI=1S/C22H26N2O5S2/c1-3-29-14-13-24-19-12-11-17(28-2)16-20(19)30-22(24)23-21(25)10-7-15-31(26,27)18-8-5-4-6-9-18/h4-6,8-9,11-12,16H,3,7,10,13-15H2,1-2H3. The number of methoxy groups -OCH3 is 1. The fourth-order valence-corrected chi connectivity index (χ4v) is 5.54. The van der Waals surface area contributed by atoms with E-state index in [1.54, 1.807) is 37.4 Å². The number of sulfone groups is 1. The minimum Gasteiger partial charge on any atom is -0.497 e. The van der Waals surface area contributed by atoms with Crippen LogP contribution in [-0.2, 0) is 25.9 Å². The molecule has 1 amide bonds. The molecule has 0 radical (unpaired) electrons. The SMILES string of the molecule is CCOCCn1c(=NC(=O)CCCS(=O)(=O)c2ccccc2)sc2cc(OC)ccc21. The van der Waals surface area contributed by atoms with Gasteiger partial charge in [-0.3, -0.25) is 4.79 Å². The van der Waals surface area contributed by atoms with Crippen molar-refractivity contribution in [3.05, 3.63) is 53.3 Å². The van der Waals surface area contributed by atoms with Crippen molar-refractivity contribution in [2.24, 2.45) is 4.99 Å². The molecule has 1 aromatic heterocycles. The number of benzene rings is 2. The van der Waals surface area contributed by atoms with Crippen LogP contribution in [0.1, 0.15) is 19.8 Å². The quantitative estimate of drug-likeness (QED) is 0.431. The Morgan fingerprint density at radius 3 is 2.65 bits per heavy atom. The van der Waals surface area contributed by atoms with E-state index in [1.165, 1.54) is 11.3 Å². The number of hydrogen-bond acceptors (Lipinski definition) is 6. The molecule has 31 heavy (non-hydrogen) atoms. The summed E-state index contributed by atoms with van der Waals surface area (Å²) in [4.78, 5) is 17.6. The molecular formula is C22H26N2O5S2. The van der Waals surface area contributed by atoms with Crippen molar-refractivity contribution in [2.45, 2.75) is 31.2 Å². The van der Waals surface area contributed by atoms with Crippen molar-refractivity contribution in [2.75, 3.05) is 26.1 Å². The number of thiazole rings is 1. The van der Waals surface area contributed by atoms with E-state index in [4.69, 9.17) is 9.47 Å². The Morgan fingerprint density at radius 1 is 1.16 bits per heavy atom. The topological polar surface area (TPSA) is 87.0 Å². The van der Waals surface area contributed by atoms with Crippen LogP contribution >= 0.6 is 11.3 Å². The second kappa shape index (κ2) is 10.7. The minimum absolute atomic E-state index is 0.0646. The first-order valence-corrected chi connectivity index (χ1v) is 12.5. The predicted molar refractivity (Wildman–Crippen MR) is 121 cm³/mol. The number of ether oxygens (including phenoxy) is 2. The third-order valence-electron chi connectivity index (χ3n) is 4.68. The lowest BCUT2D eigenvalue weighted by Gasteiger charge is -2.06. The van der Waals surface area contributed by atoms with E-state index in [0.717, 1.165) is 16.0 Å². The number of fused-ring (bicyclic) bond motifs is 1. The predicted octanol–water partition coefficient (Wildman–Crippen LogP) is 3.43. The van der Waals surface area contributed by atoms with Gasteiger partial charge in [0.2, 0.25) is 5.91 Å². The van der Waals surface area contributed by atoms with Gasteiger partial charge in [0, 0.05) is 19.6 Å². The van der Waals surface area contributed by atoms with Crippen molar-refractivity contribution in [1.29, 1.82) is 0 Å². The third-order valence-corrected chi connectivity index (χ3v) is 7.54. The summed E-state index contributed by atoms with van der Waals surface area (Å²) in [7, 11) is -1.80. The first-order valence-electron chi connectivity index (χ1n) is 10.0. The monoisotopic (exact) mass is 462 g/mol. The second-order valence-corrected chi connectivity index (χ2v) is 9.93. The van der Waals surface area contributed by atoms with Gasteiger partial charge in [0.1, 0.15) is 5.75 Å². The normalized spacial score (nSPS) is 12.4. The lowest BCUT2D eigenvalue weighted by Crippen LogP contribution is -2.20. The van der Waals surface area contributed by atoms with E-state index in [1.807, 2.05) is 29.7 Å². The van der Waals surface area contributed by atoms with E-state index < -0.39 is 9.84 Å². The van der Waals surface area contributed by atoms with E-state index in [0.29, 0.717) is 24.6 Å². The smallest absolute Gasteiger partial charge is 0.248 e. The molecule has 0 aliphatic heterocycles. The molecule has 0 unspecified atom stereocenters. The maximum atomic E-state index is 12.5. The van der Waals surface area contributed by atoms with Gasteiger partial charge in [-0.2, -0.15) is 4.99 Å². The third kappa shape index (κ3) is 6.03. The minimum atomic E-state index is -3.41. The number of aromatic nitrogens is 1. The molecule has 0 saturated carbocycles. The maximum Gasteiger partial charge on any atom is 0.248 e. The molecule has 0 spiro atoms. The van der Waals surface area contributed by atoms with Crippen LogP contribution in [0.2, 0.25) is 0 Å². The Kier molecular flexibility index (Phi) is 8.00. The van der Waals surface area contributed by atoms with Gasteiger partial charge in [-0.25, -0.2) is 8.42 Å². The number of amides is 1. The summed E-state index contributed by atoms with van der Waals surface area (Å²) in [5, 5.41) is 0. The number of carbonyl (C=O) groups is 1. The van der Waals surface area contributed by atoms with Gasteiger partial charge < -0.3 is 14.0 Å². The van der Waals surface area contributed by atoms with Crippen LogP contribution in [0.15, 0.2) is 58.4 Å². The second-order valence-electron chi connectivity index (χ2n) is 6.81. The van der Waals surface area contributed by atoms with Crippen molar-refractivity contribution >= 4 is 37.3 Å². The number of hydrogen-bond donors (Lipinski definition) is 0. The summed E-state index contributed by atoms with van der Waals surface area (Å²) in [6, 6.07) is 14.0. The lowest BCUT2D eigenvalue weighted by molar-refractivity contribution is -0.118. The molecule has 3 aromatic rings. The molecule has 3 rings (SSSR count). The summed E-state index contributed by atoms with van der Waals surface area (Å²) >= 11 is 1.40. The van der Waals surface area contributed by atoms with Gasteiger partial charge in [-0.15, -0.1) is 0 Å². The summed E-state index contributed by atoms with van der Waals surface area (Å²) in [6.45, 7) is 3.61. The summed E-state index contributed by atoms with van der Waals surface area (Å²) < 4.78 is 38.4. The van der Waals surface area contributed by atoms with E-state index in [2.05, 4.69) is 4.99 Å². The molecule has 1 heterocycles. The van der Waals surface area contributed by atoms with E-state index in [-0.39, 0.29) is 29.4 Å². The molecule has 166 valence electrons. The molecule has 0 atom stereocenters. The fourth-order valence-electron chi connectivity index (χ4n) is 3.10. The number of nitrogens with zero attached hydrogens (tertiary/aromatic N) is 2. The first kappa shape index (κ1) is 23.2. The molecule has 7 nitrogen and oxygen atoms in total. The molecule has 0 N–H and O–H groups in total. The van der Waals surface area contributed by atoms with Crippen LogP contribution in [0.5, 0.6) is 5.75 Å². The largest absolute Gasteiger partial charge is 0.497 e. The van der Waals surface area contributed by atoms with Crippen molar-refractivity contribution in [3.63, 3.8) is 0 Å². The van der Waals surface area contributed by atoms with Crippen LogP contribution in [0.3, 0.4) is 0 Å². The highest BCUT2D eigenvalue weighted by Gasteiger charge is 2.15. The van der Waals surface area contributed by atoms with Crippen molar-refractivity contribution in [1.82, 2.24) is 4.57 Å². The number of carbonyl (C=O) groups excluding carboxylic acids is 1. The summed E-state index contributed by atoms with van der Waals surface area (Å²) in [5.74, 6) is 0.299. The molecule has 0 bridgehead atoms. The van der Waals surface area contributed by atoms with Gasteiger partial charge >= 0.3 is 0 Å². The Morgan fingerprint density at radius 2 is 1.94 bits per heavy atom. The van der Waals surface area contributed by atoms with Crippen molar-refractivity contribution in [3.8, 4) is 5.75 Å². The van der Waals surface area contributed by atoms with E-state index >= 15 is 0 Å². The van der Waals surface area contributed by atoms with Gasteiger partial charge in [0.15, 0.2) is 14.6 Å². The Balaban J connectivity index is 1.77. The zero-order chi connectivity index (χ0) is 22.3. The zero-order valence-corrected chi connectivity index (χ0v) is 19.2. The highest BCUT2D eigenvalue weighted by molar-refractivity contribution is 7.91. The van der Waals surface area contributed by atoms with Gasteiger partial charge in [-0.1, -0.05) is 29.5 Å². The van der Waals surface area contributed by atoms with Crippen LogP contribution in [-0.4, -0.2) is 45.0 Å². The molecular weight excluding hydrogens is 436 g/mol. The molecule has 0 aliphatic carbocycles. The molecule has 0 fully saturated rings. The molecule has 0 saturated heterocycles. The average Bonchev–Trinajstić information content (AvgIpc) is 3.10. The summed E-state index contributed by atoms with van der Waals surface area (Å²) in [6.07, 6.45) is 0.284. The van der Waals surface area contributed by atoms with Crippen LogP contribution in [0.25, 0.3) is 10.2 Å². The van der Waals surface area contributed by atoms with Gasteiger partial charge in [0.25, 0.3) is 0 Å². The van der Waals surface area contributed by atoms with Crippen LogP contribution in [0, 0.1) is 0 Å². The Bertz CT molecular complexity index is 1200. The van der Waals surface area contributed by atoms with E-state index in [9.17, 15) is 13.2 Å². The number of rotatable bonds is 10. The van der Waals surface area contributed by atoms with Crippen LogP contribution < -0.4 is 9.54 Å². The summed E-state index contributed by atoms with van der Waals surface area (Å²) in [5.41, 5.74) is 0.948. The average molecular weight is 463 g/mol. The zero-order valence-electron chi connectivity index (χ0n) is 17.6. The highest BCUT2D eigenvalue weighted by Crippen LogP contribution is 2.23.